The van der Waals surface area contributed by atoms with Gasteiger partial charge in [0.2, 0.25) is 5.95 Å². The van der Waals surface area contributed by atoms with Crippen LogP contribution in [0.25, 0.3) is 50.5 Å². The molecular formula is C53H46N4Si. The predicted molar refractivity (Wildman–Crippen MR) is 244 cm³/mol. The summed E-state index contributed by atoms with van der Waals surface area (Å²) in [5.74, 6) is 1.91. The van der Waals surface area contributed by atoms with Crippen LogP contribution in [-0.2, 0) is 10.8 Å². The van der Waals surface area contributed by atoms with E-state index in [-0.39, 0.29) is 10.8 Å². The van der Waals surface area contributed by atoms with Crippen LogP contribution in [0.5, 0.6) is 0 Å². The summed E-state index contributed by atoms with van der Waals surface area (Å²) in [5.41, 5.74) is 7.11. The zero-order valence-electron chi connectivity index (χ0n) is 33.5. The predicted octanol–water partition coefficient (Wildman–Crippen LogP) is 10.0. The largest absolute Gasteiger partial charge is 0.278 e. The fourth-order valence-electron chi connectivity index (χ4n) is 9.51. The average molecular weight is 767 g/mol. The molecule has 0 radical (unpaired) electrons. The van der Waals surface area contributed by atoms with Gasteiger partial charge in [0.05, 0.1) is 11.0 Å². The Morgan fingerprint density at radius 3 is 1.47 bits per heavy atom. The third-order valence-electron chi connectivity index (χ3n) is 12.7. The summed E-state index contributed by atoms with van der Waals surface area (Å²) in [6, 6.07) is 66.1. The van der Waals surface area contributed by atoms with Gasteiger partial charge in [-0.3, -0.25) is 4.57 Å². The third-order valence-corrected chi connectivity index (χ3v) is 17.5. The van der Waals surface area contributed by atoms with E-state index < -0.39 is 8.07 Å². The maximum Gasteiger partial charge on any atom is 0.238 e. The first-order valence-corrected chi connectivity index (χ1v) is 22.4. The van der Waals surface area contributed by atoms with Crippen LogP contribution in [0, 0.1) is 0 Å². The highest BCUT2D eigenvalue weighted by Gasteiger charge is 2.42. The Labute approximate surface area is 342 Å². The average Bonchev–Trinajstić information content (AvgIpc) is 3.60. The fourth-order valence-corrected chi connectivity index (χ4v) is 14.3. The van der Waals surface area contributed by atoms with Crippen molar-refractivity contribution >= 4 is 50.6 Å². The molecule has 4 nitrogen and oxygen atoms in total. The topological polar surface area (TPSA) is 43.6 Å². The van der Waals surface area contributed by atoms with E-state index in [0.717, 1.165) is 35.0 Å². The Hall–Kier alpha value is -6.43. The number of hydrogen-bond acceptors (Lipinski definition) is 3. The lowest BCUT2D eigenvalue weighted by molar-refractivity contribution is 0.332. The highest BCUT2D eigenvalue weighted by atomic mass is 28.3. The molecule has 0 bridgehead atoms. The quantitative estimate of drug-likeness (QED) is 0.120. The minimum atomic E-state index is -2.80. The van der Waals surface area contributed by atoms with Gasteiger partial charge in [-0.05, 0) is 73.7 Å². The normalized spacial score (nSPS) is 14.7. The highest BCUT2D eigenvalue weighted by molar-refractivity contribution is 7.19. The molecule has 2 aromatic heterocycles. The van der Waals surface area contributed by atoms with E-state index in [1.165, 1.54) is 42.6 Å². The molecule has 0 unspecified atom stereocenters. The summed E-state index contributed by atoms with van der Waals surface area (Å²) in [6.45, 7) is 9.58. The molecule has 0 N–H and O–H groups in total. The molecule has 282 valence electrons. The van der Waals surface area contributed by atoms with E-state index in [0.29, 0.717) is 17.6 Å². The van der Waals surface area contributed by atoms with Gasteiger partial charge in [-0.25, -0.2) is 4.98 Å². The van der Waals surface area contributed by atoms with Crippen molar-refractivity contribution in [2.45, 2.75) is 51.4 Å². The Morgan fingerprint density at radius 2 is 0.879 bits per heavy atom. The van der Waals surface area contributed by atoms with E-state index in [1.807, 2.05) is 6.07 Å². The van der Waals surface area contributed by atoms with E-state index in [2.05, 4.69) is 208 Å². The molecule has 58 heavy (non-hydrogen) atoms. The van der Waals surface area contributed by atoms with Crippen molar-refractivity contribution in [1.29, 1.82) is 0 Å². The van der Waals surface area contributed by atoms with Crippen molar-refractivity contribution in [2.24, 2.45) is 0 Å². The van der Waals surface area contributed by atoms with Crippen LogP contribution < -0.4 is 20.7 Å². The molecule has 10 rings (SSSR count). The van der Waals surface area contributed by atoms with Crippen LogP contribution in [0.1, 0.15) is 51.7 Å². The van der Waals surface area contributed by atoms with Crippen molar-refractivity contribution in [3.05, 3.63) is 193 Å². The summed E-state index contributed by atoms with van der Waals surface area (Å²) >= 11 is 0. The van der Waals surface area contributed by atoms with Crippen LogP contribution in [0.4, 0.5) is 0 Å². The first kappa shape index (κ1) is 35.9. The zero-order valence-corrected chi connectivity index (χ0v) is 34.5. The molecule has 1 aliphatic rings. The second-order valence-corrected chi connectivity index (χ2v) is 20.9. The van der Waals surface area contributed by atoms with E-state index in [9.17, 15) is 0 Å². The lowest BCUT2D eigenvalue weighted by Gasteiger charge is -2.42. The minimum absolute atomic E-state index is 0.0485. The monoisotopic (exact) mass is 766 g/mol. The van der Waals surface area contributed by atoms with Crippen LogP contribution in [-0.4, -0.2) is 27.6 Å². The van der Waals surface area contributed by atoms with E-state index in [1.54, 1.807) is 0 Å². The maximum absolute atomic E-state index is 5.45. The lowest BCUT2D eigenvalue weighted by Crippen LogP contribution is -2.74. The maximum atomic E-state index is 5.45. The molecule has 0 saturated heterocycles. The number of para-hydroxylation sites is 1. The third kappa shape index (κ3) is 5.83. The number of benzene rings is 7. The summed E-state index contributed by atoms with van der Waals surface area (Å²) in [6.07, 6.45) is 2.30. The van der Waals surface area contributed by atoms with Crippen molar-refractivity contribution in [3.8, 4) is 28.7 Å². The number of rotatable bonds is 7. The van der Waals surface area contributed by atoms with Crippen LogP contribution >= 0.6 is 0 Å². The molecular weight excluding hydrogens is 721 g/mol. The van der Waals surface area contributed by atoms with Crippen molar-refractivity contribution < 1.29 is 0 Å². The molecule has 0 fully saturated rings. The molecule has 0 saturated carbocycles. The van der Waals surface area contributed by atoms with E-state index in [4.69, 9.17) is 15.0 Å². The van der Waals surface area contributed by atoms with Crippen LogP contribution in [0.2, 0.25) is 0 Å². The molecule has 9 aromatic rings. The van der Waals surface area contributed by atoms with E-state index >= 15 is 0 Å². The number of fused-ring (bicyclic) bond motifs is 4. The van der Waals surface area contributed by atoms with Crippen molar-refractivity contribution in [1.82, 2.24) is 19.5 Å². The number of hydrogen-bond donors (Lipinski definition) is 0. The Balaban J connectivity index is 1.25. The summed E-state index contributed by atoms with van der Waals surface area (Å²) in [5, 5.41) is 7.68. The second kappa shape index (κ2) is 13.9. The fraction of sp³-hybridized carbons (Fsp3) is 0.151. The molecule has 0 spiro atoms. The first-order chi connectivity index (χ1) is 28.2. The summed E-state index contributed by atoms with van der Waals surface area (Å²) < 4.78 is 2.28. The molecule has 5 heteroatoms. The zero-order chi connectivity index (χ0) is 39.5. The summed E-state index contributed by atoms with van der Waals surface area (Å²) in [7, 11) is -2.80. The molecule has 2 heterocycles. The van der Waals surface area contributed by atoms with Crippen molar-refractivity contribution in [3.63, 3.8) is 0 Å². The molecule has 0 atom stereocenters. The van der Waals surface area contributed by atoms with Gasteiger partial charge in [-0.15, -0.1) is 0 Å². The van der Waals surface area contributed by atoms with Gasteiger partial charge in [0, 0.05) is 21.9 Å². The molecule has 0 amide bonds. The Bertz CT molecular complexity index is 2840. The molecule has 7 aromatic carbocycles. The van der Waals surface area contributed by atoms with Gasteiger partial charge in [0.25, 0.3) is 0 Å². The molecule has 0 aliphatic heterocycles. The standard InChI is InChI=1S/C53H46N4Si/c1-52(2)32-33-53(3,4)46-36-48-44(35-45(46)52)43-30-17-18-31-47(43)57(48)51-55-49(37-20-9-5-10-21-37)54-50(56-51)38-22-19-29-42(34-38)58(39-23-11-6-12-24-39,40-25-13-7-14-26-40)41-27-15-8-16-28-41/h5-31,34-36H,32-33H2,1-4H3. The van der Waals surface area contributed by atoms with Gasteiger partial charge in [0.1, 0.15) is 0 Å². The first-order valence-electron chi connectivity index (χ1n) is 20.4. The summed E-state index contributed by atoms with van der Waals surface area (Å²) in [4.78, 5) is 16.0. The Kier molecular flexibility index (Phi) is 8.61. The van der Waals surface area contributed by atoms with Gasteiger partial charge in [-0.1, -0.05) is 191 Å². The van der Waals surface area contributed by atoms with Gasteiger partial charge < -0.3 is 0 Å². The highest BCUT2D eigenvalue weighted by Crippen LogP contribution is 2.48. The second-order valence-electron chi connectivity index (χ2n) is 17.1. The van der Waals surface area contributed by atoms with Gasteiger partial charge in [0.15, 0.2) is 19.7 Å². The van der Waals surface area contributed by atoms with Gasteiger partial charge in [-0.2, -0.15) is 9.97 Å². The van der Waals surface area contributed by atoms with Crippen molar-refractivity contribution in [2.75, 3.05) is 0 Å². The van der Waals surface area contributed by atoms with Crippen LogP contribution in [0.3, 0.4) is 0 Å². The number of aromatic nitrogens is 4. The molecule has 1 aliphatic carbocycles. The SMILES string of the molecule is CC1(C)CCC(C)(C)c2cc3c(cc21)c1ccccc1n3-c1nc(-c2ccccc2)nc(-c2cccc([Si](c3ccccc3)(c3ccccc3)c3ccccc3)c2)n1. The minimum Gasteiger partial charge on any atom is -0.278 e. The van der Waals surface area contributed by atoms with Crippen LogP contribution in [0.15, 0.2) is 182 Å². The lowest BCUT2D eigenvalue weighted by atomic mass is 9.63. The smallest absolute Gasteiger partial charge is 0.238 e. The Morgan fingerprint density at radius 1 is 0.414 bits per heavy atom. The number of nitrogens with zero attached hydrogens (tertiary/aromatic N) is 4. The van der Waals surface area contributed by atoms with Gasteiger partial charge >= 0.3 is 0 Å².